The van der Waals surface area contributed by atoms with Crippen LogP contribution in [-0.2, 0) is 20.0 Å². The van der Waals surface area contributed by atoms with Crippen molar-refractivity contribution in [2.24, 2.45) is 0 Å². The van der Waals surface area contributed by atoms with Crippen LogP contribution in [0, 0.1) is 0 Å². The second-order valence-corrected chi connectivity index (χ2v) is 6.08. The van der Waals surface area contributed by atoms with Crippen molar-refractivity contribution in [1.82, 2.24) is 0 Å². The van der Waals surface area contributed by atoms with E-state index in [-0.39, 0.29) is 5.78 Å². The molecule has 16 heavy (non-hydrogen) atoms. The van der Waals surface area contributed by atoms with E-state index >= 15 is 0 Å². The largest absolute Gasteiger partial charge is 0.341 e. The Hall–Kier alpha value is -0.960. The molecule has 0 amide bonds. The molecule has 86 valence electrons. The number of hydrogen-bond donors (Lipinski definition) is 0. The normalized spacial score (nSPS) is 19.9. The standard InChI is InChI=1S/C11H13O4P/c1-14-16(13,15-2)10-7-8-5-3-4-6-9(8)11(10)12/h3-6,10H,7H2,1-2H3. The Morgan fingerprint density at radius 1 is 1.25 bits per heavy atom. The molecule has 5 heteroatoms. The fourth-order valence-corrected chi connectivity index (χ4v) is 3.51. The van der Waals surface area contributed by atoms with Crippen LogP contribution in [0.1, 0.15) is 15.9 Å². The van der Waals surface area contributed by atoms with Crippen LogP contribution in [0.15, 0.2) is 24.3 Å². The first kappa shape index (κ1) is 11.5. The molecule has 0 radical (unpaired) electrons. The van der Waals surface area contributed by atoms with Gasteiger partial charge in [-0.15, -0.1) is 0 Å². The Labute approximate surface area is 94.1 Å². The summed E-state index contributed by atoms with van der Waals surface area (Å²) in [6, 6.07) is 7.26. The fourth-order valence-electron chi connectivity index (χ4n) is 2.00. The Morgan fingerprint density at radius 3 is 2.44 bits per heavy atom. The highest BCUT2D eigenvalue weighted by Gasteiger charge is 2.44. The molecule has 0 spiro atoms. The zero-order chi connectivity index (χ0) is 11.8. The molecule has 1 aliphatic rings. The molecule has 0 aliphatic heterocycles. The highest BCUT2D eigenvalue weighted by Crippen LogP contribution is 2.55. The smallest absolute Gasteiger partial charge is 0.311 e. The number of fused-ring (bicyclic) bond motifs is 1. The van der Waals surface area contributed by atoms with Gasteiger partial charge in [0.1, 0.15) is 5.66 Å². The highest BCUT2D eigenvalue weighted by molar-refractivity contribution is 7.55. The fraction of sp³-hybridized carbons (Fsp3) is 0.364. The summed E-state index contributed by atoms with van der Waals surface area (Å²) in [7, 11) is -0.705. The Balaban J connectivity index is 2.39. The summed E-state index contributed by atoms with van der Waals surface area (Å²) >= 11 is 0. The van der Waals surface area contributed by atoms with E-state index in [1.807, 2.05) is 12.1 Å². The number of carbonyl (C=O) groups excluding carboxylic acids is 1. The lowest BCUT2D eigenvalue weighted by molar-refractivity contribution is 0.0985. The summed E-state index contributed by atoms with van der Waals surface area (Å²) in [6.07, 6.45) is 0.425. The van der Waals surface area contributed by atoms with Gasteiger partial charge in [0, 0.05) is 19.8 Å². The lowest BCUT2D eigenvalue weighted by atomic mass is 10.1. The van der Waals surface area contributed by atoms with E-state index in [9.17, 15) is 9.36 Å². The van der Waals surface area contributed by atoms with Crippen LogP contribution < -0.4 is 0 Å². The molecule has 0 N–H and O–H groups in total. The highest BCUT2D eigenvalue weighted by atomic mass is 31.2. The van der Waals surface area contributed by atoms with Gasteiger partial charge in [0.15, 0.2) is 5.78 Å². The average Bonchev–Trinajstić information content (AvgIpc) is 2.67. The minimum absolute atomic E-state index is 0.150. The maximum atomic E-state index is 12.2. The van der Waals surface area contributed by atoms with Crippen molar-refractivity contribution in [2.75, 3.05) is 14.2 Å². The summed E-state index contributed by atoms with van der Waals surface area (Å²) in [6.45, 7) is 0. The second-order valence-electron chi connectivity index (χ2n) is 3.65. The van der Waals surface area contributed by atoms with Gasteiger partial charge in [-0.05, 0) is 12.0 Å². The lowest BCUT2D eigenvalue weighted by Gasteiger charge is -2.18. The SMILES string of the molecule is COP(=O)(OC)C1Cc2ccccc2C1=O. The van der Waals surface area contributed by atoms with Gasteiger partial charge >= 0.3 is 7.60 Å². The molecule has 0 aromatic heterocycles. The summed E-state index contributed by atoms with van der Waals surface area (Å²) < 4.78 is 21.9. The molecule has 2 rings (SSSR count). The molecule has 0 bridgehead atoms. The molecule has 1 aromatic carbocycles. The molecule has 0 heterocycles. The zero-order valence-electron chi connectivity index (χ0n) is 9.17. The van der Waals surface area contributed by atoms with Crippen LogP contribution in [0.25, 0.3) is 0 Å². The van der Waals surface area contributed by atoms with Crippen molar-refractivity contribution in [2.45, 2.75) is 12.1 Å². The van der Waals surface area contributed by atoms with Crippen LogP contribution in [0.2, 0.25) is 0 Å². The lowest BCUT2D eigenvalue weighted by Crippen LogP contribution is -2.18. The van der Waals surface area contributed by atoms with E-state index in [0.29, 0.717) is 12.0 Å². The van der Waals surface area contributed by atoms with Gasteiger partial charge in [-0.25, -0.2) is 0 Å². The van der Waals surface area contributed by atoms with Crippen molar-refractivity contribution in [3.05, 3.63) is 35.4 Å². The molecule has 4 nitrogen and oxygen atoms in total. The maximum Gasteiger partial charge on any atom is 0.341 e. The zero-order valence-corrected chi connectivity index (χ0v) is 10.1. The average molecular weight is 240 g/mol. The minimum atomic E-state index is -3.32. The van der Waals surface area contributed by atoms with E-state index in [0.717, 1.165) is 5.56 Å². The molecule has 1 unspecified atom stereocenters. The molecular weight excluding hydrogens is 227 g/mol. The summed E-state index contributed by atoms with van der Waals surface area (Å²) in [5.41, 5.74) is 0.841. The molecule has 0 saturated heterocycles. The van der Waals surface area contributed by atoms with Crippen molar-refractivity contribution in [3.8, 4) is 0 Å². The number of ketones is 1. The number of Topliss-reactive ketones (excluding diaryl/α,β-unsaturated/α-hetero) is 1. The Kier molecular flexibility index (Phi) is 2.98. The number of benzene rings is 1. The van der Waals surface area contributed by atoms with Crippen LogP contribution in [0.5, 0.6) is 0 Å². The first-order valence-corrected chi connectivity index (χ1v) is 6.57. The summed E-state index contributed by atoms with van der Waals surface area (Å²) in [4.78, 5) is 12.0. The van der Waals surface area contributed by atoms with Crippen molar-refractivity contribution >= 4 is 13.4 Å². The van der Waals surface area contributed by atoms with Crippen molar-refractivity contribution < 1.29 is 18.4 Å². The third-order valence-electron chi connectivity index (χ3n) is 2.89. The van der Waals surface area contributed by atoms with Crippen LogP contribution >= 0.6 is 7.60 Å². The summed E-state index contributed by atoms with van der Waals surface area (Å²) in [5, 5.41) is 0. The first-order valence-electron chi connectivity index (χ1n) is 4.95. The molecule has 0 fully saturated rings. The van der Waals surface area contributed by atoms with E-state index < -0.39 is 13.3 Å². The number of hydrogen-bond acceptors (Lipinski definition) is 4. The predicted octanol–water partition coefficient (Wildman–Crippen LogP) is 2.28. The predicted molar refractivity (Wildman–Crippen MR) is 59.9 cm³/mol. The third-order valence-corrected chi connectivity index (χ3v) is 5.09. The molecule has 1 atom stereocenters. The van der Waals surface area contributed by atoms with Crippen LogP contribution in [0.3, 0.4) is 0 Å². The molecule has 1 aromatic rings. The number of rotatable bonds is 3. The topological polar surface area (TPSA) is 52.6 Å². The first-order chi connectivity index (χ1) is 7.62. The van der Waals surface area contributed by atoms with Gasteiger partial charge in [-0.3, -0.25) is 9.36 Å². The maximum absolute atomic E-state index is 12.2. The van der Waals surface area contributed by atoms with Gasteiger partial charge in [0.05, 0.1) is 0 Å². The Bertz CT molecular complexity index is 461. The second kappa shape index (κ2) is 4.13. The third kappa shape index (κ3) is 1.63. The van der Waals surface area contributed by atoms with E-state index in [1.54, 1.807) is 12.1 Å². The van der Waals surface area contributed by atoms with E-state index in [1.165, 1.54) is 14.2 Å². The van der Waals surface area contributed by atoms with Gasteiger partial charge in [-0.1, -0.05) is 24.3 Å². The molecular formula is C11H13O4P. The van der Waals surface area contributed by atoms with Crippen molar-refractivity contribution in [1.29, 1.82) is 0 Å². The van der Waals surface area contributed by atoms with Gasteiger partial charge in [-0.2, -0.15) is 0 Å². The van der Waals surface area contributed by atoms with Gasteiger partial charge in [0.2, 0.25) is 0 Å². The van der Waals surface area contributed by atoms with E-state index in [4.69, 9.17) is 9.05 Å². The van der Waals surface area contributed by atoms with E-state index in [2.05, 4.69) is 0 Å². The molecule has 1 aliphatic carbocycles. The minimum Gasteiger partial charge on any atom is -0.311 e. The summed E-state index contributed by atoms with van der Waals surface area (Å²) in [5.74, 6) is -0.150. The van der Waals surface area contributed by atoms with Crippen LogP contribution in [-0.4, -0.2) is 25.7 Å². The van der Waals surface area contributed by atoms with Crippen LogP contribution in [0.4, 0.5) is 0 Å². The van der Waals surface area contributed by atoms with Gasteiger partial charge in [0.25, 0.3) is 0 Å². The quantitative estimate of drug-likeness (QED) is 0.760. The number of carbonyl (C=O) groups is 1. The van der Waals surface area contributed by atoms with Crippen molar-refractivity contribution in [3.63, 3.8) is 0 Å². The molecule has 0 saturated carbocycles. The Morgan fingerprint density at radius 2 is 1.88 bits per heavy atom. The monoisotopic (exact) mass is 240 g/mol. The van der Waals surface area contributed by atoms with Gasteiger partial charge < -0.3 is 9.05 Å².